The molecule has 1 aromatic rings. The largest absolute Gasteiger partial charge is 0.385 e. The van der Waals surface area contributed by atoms with Gasteiger partial charge in [-0.3, -0.25) is 4.90 Å². The summed E-state index contributed by atoms with van der Waals surface area (Å²) >= 11 is 3.36. The van der Waals surface area contributed by atoms with E-state index in [9.17, 15) is 5.11 Å². The predicted molar refractivity (Wildman–Crippen MR) is 73.2 cm³/mol. The first kappa shape index (κ1) is 14.0. The fourth-order valence-electron chi connectivity index (χ4n) is 2.61. The lowest BCUT2D eigenvalue weighted by Gasteiger charge is -2.43. The van der Waals surface area contributed by atoms with Gasteiger partial charge in [-0.1, -0.05) is 11.6 Å². The molecule has 2 heterocycles. The number of aryl methyl sites for hydroxylation is 1. The van der Waals surface area contributed by atoms with Crippen molar-refractivity contribution in [2.75, 3.05) is 13.1 Å². The van der Waals surface area contributed by atoms with Crippen molar-refractivity contribution in [2.24, 2.45) is 7.05 Å². The summed E-state index contributed by atoms with van der Waals surface area (Å²) in [7, 11) is 1.81. The number of piperidine rings is 1. The van der Waals surface area contributed by atoms with Gasteiger partial charge in [0, 0.05) is 12.6 Å². The van der Waals surface area contributed by atoms with Crippen LogP contribution < -0.4 is 0 Å². The quantitative estimate of drug-likeness (QED) is 0.925. The molecule has 2 rings (SSSR count). The van der Waals surface area contributed by atoms with Crippen LogP contribution in [0.4, 0.5) is 0 Å². The van der Waals surface area contributed by atoms with Crippen LogP contribution in [0.25, 0.3) is 0 Å². The molecule has 6 heteroatoms. The van der Waals surface area contributed by atoms with Crippen LogP contribution in [0, 0.1) is 0 Å². The maximum absolute atomic E-state index is 10.7. The van der Waals surface area contributed by atoms with Crippen molar-refractivity contribution in [3.8, 4) is 0 Å². The van der Waals surface area contributed by atoms with Gasteiger partial charge in [0.2, 0.25) is 0 Å². The Morgan fingerprint density at radius 3 is 2.39 bits per heavy atom. The first-order valence-corrected chi connectivity index (χ1v) is 7.22. The summed E-state index contributed by atoms with van der Waals surface area (Å²) in [6, 6.07) is 0. The number of aromatic nitrogens is 3. The maximum atomic E-state index is 10.7. The zero-order valence-electron chi connectivity index (χ0n) is 11.2. The van der Waals surface area contributed by atoms with E-state index in [2.05, 4.69) is 45.0 Å². The fourth-order valence-corrected chi connectivity index (χ4v) is 3.15. The number of hydrogen-bond acceptors (Lipinski definition) is 4. The number of aliphatic hydroxyl groups excluding tert-OH is 1. The summed E-state index contributed by atoms with van der Waals surface area (Å²) in [5, 5.41) is 18.6. The van der Waals surface area contributed by atoms with Crippen molar-refractivity contribution < 1.29 is 5.11 Å². The first-order valence-electron chi connectivity index (χ1n) is 6.43. The Labute approximate surface area is 116 Å². The SMILES string of the molecule is Cn1nnc(Br)c1C(O)C(C)(C)N1CCCCC1. The number of rotatable bonds is 3. The molecule has 5 nitrogen and oxygen atoms in total. The molecule has 1 aromatic heterocycles. The summed E-state index contributed by atoms with van der Waals surface area (Å²) in [6.07, 6.45) is 3.10. The van der Waals surface area contributed by atoms with Crippen LogP contribution in [-0.4, -0.2) is 43.6 Å². The van der Waals surface area contributed by atoms with Crippen LogP contribution in [0.15, 0.2) is 4.60 Å². The number of halogens is 1. The Morgan fingerprint density at radius 2 is 1.89 bits per heavy atom. The average Bonchev–Trinajstić information content (AvgIpc) is 2.69. The third-order valence-corrected chi connectivity index (χ3v) is 4.49. The van der Waals surface area contributed by atoms with Crippen molar-refractivity contribution in [3.63, 3.8) is 0 Å². The zero-order chi connectivity index (χ0) is 13.3. The molecular formula is C12H21BrN4O. The molecule has 1 aliphatic heterocycles. The molecule has 0 radical (unpaired) electrons. The Balaban J connectivity index is 2.23. The first-order chi connectivity index (χ1) is 8.44. The molecule has 18 heavy (non-hydrogen) atoms. The lowest BCUT2D eigenvalue weighted by atomic mass is 9.90. The molecule has 1 N–H and O–H groups in total. The predicted octanol–water partition coefficient (Wildman–Crippen LogP) is 1.88. The van der Waals surface area contributed by atoms with Crippen molar-refractivity contribution in [1.29, 1.82) is 0 Å². The highest BCUT2D eigenvalue weighted by Crippen LogP contribution is 2.35. The lowest BCUT2D eigenvalue weighted by molar-refractivity contribution is -0.0251. The van der Waals surface area contributed by atoms with Crippen LogP contribution in [0.2, 0.25) is 0 Å². The maximum Gasteiger partial charge on any atom is 0.154 e. The molecule has 1 unspecified atom stereocenters. The minimum atomic E-state index is -0.607. The second-order valence-electron chi connectivity index (χ2n) is 5.49. The number of likely N-dealkylation sites (tertiary alicyclic amines) is 1. The van der Waals surface area contributed by atoms with Gasteiger partial charge in [0.05, 0.1) is 0 Å². The molecule has 102 valence electrons. The average molecular weight is 317 g/mol. The summed E-state index contributed by atoms with van der Waals surface area (Å²) in [5.74, 6) is 0. The molecule has 0 spiro atoms. The van der Waals surface area contributed by atoms with Crippen LogP contribution in [-0.2, 0) is 7.05 Å². The summed E-state index contributed by atoms with van der Waals surface area (Å²) in [6.45, 7) is 6.27. The Bertz CT molecular complexity index is 393. The highest BCUT2D eigenvalue weighted by Gasteiger charge is 2.38. The van der Waals surface area contributed by atoms with E-state index < -0.39 is 6.10 Å². The Kier molecular flexibility index (Phi) is 4.08. The second-order valence-corrected chi connectivity index (χ2v) is 6.24. The van der Waals surface area contributed by atoms with Gasteiger partial charge in [0.15, 0.2) is 4.60 Å². The number of nitrogens with zero attached hydrogens (tertiary/aromatic N) is 4. The van der Waals surface area contributed by atoms with Crippen molar-refractivity contribution in [2.45, 2.75) is 44.8 Å². The number of hydrogen-bond donors (Lipinski definition) is 1. The van der Waals surface area contributed by atoms with E-state index in [4.69, 9.17) is 0 Å². The van der Waals surface area contributed by atoms with Gasteiger partial charge < -0.3 is 5.11 Å². The van der Waals surface area contributed by atoms with Crippen molar-refractivity contribution >= 4 is 15.9 Å². The minimum Gasteiger partial charge on any atom is -0.385 e. The molecule has 0 amide bonds. The van der Waals surface area contributed by atoms with E-state index in [-0.39, 0.29) is 5.54 Å². The van der Waals surface area contributed by atoms with Gasteiger partial charge in [-0.25, -0.2) is 4.68 Å². The topological polar surface area (TPSA) is 54.2 Å². The molecule has 0 bridgehead atoms. The monoisotopic (exact) mass is 316 g/mol. The van der Waals surface area contributed by atoms with E-state index in [1.807, 2.05) is 7.05 Å². The van der Waals surface area contributed by atoms with Crippen molar-refractivity contribution in [3.05, 3.63) is 10.3 Å². The lowest BCUT2D eigenvalue weighted by Crippen LogP contribution is -2.51. The van der Waals surface area contributed by atoms with E-state index in [0.29, 0.717) is 4.60 Å². The molecular weight excluding hydrogens is 296 g/mol. The molecule has 0 aromatic carbocycles. The van der Waals surface area contributed by atoms with Gasteiger partial charge in [-0.05, 0) is 55.7 Å². The van der Waals surface area contributed by atoms with Gasteiger partial charge in [-0.2, -0.15) is 0 Å². The highest BCUT2D eigenvalue weighted by atomic mass is 79.9. The third kappa shape index (κ3) is 2.46. The Morgan fingerprint density at radius 1 is 1.28 bits per heavy atom. The fraction of sp³-hybridized carbons (Fsp3) is 0.833. The summed E-state index contributed by atoms with van der Waals surface area (Å²) in [4.78, 5) is 2.36. The van der Waals surface area contributed by atoms with Gasteiger partial charge in [-0.15, -0.1) is 5.10 Å². The van der Waals surface area contributed by atoms with E-state index in [1.165, 1.54) is 19.3 Å². The van der Waals surface area contributed by atoms with Crippen LogP contribution >= 0.6 is 15.9 Å². The molecule has 1 aliphatic rings. The van der Waals surface area contributed by atoms with E-state index >= 15 is 0 Å². The number of aliphatic hydroxyl groups is 1. The van der Waals surface area contributed by atoms with E-state index in [1.54, 1.807) is 4.68 Å². The standard InChI is InChI=1S/C12H21BrN4O/c1-12(2,17-7-5-4-6-8-17)10(18)9-11(13)14-15-16(9)3/h10,18H,4-8H2,1-3H3. The van der Waals surface area contributed by atoms with Crippen LogP contribution in [0.1, 0.15) is 44.9 Å². The van der Waals surface area contributed by atoms with Crippen LogP contribution in [0.3, 0.4) is 0 Å². The Hall–Kier alpha value is -0.460. The second kappa shape index (κ2) is 5.27. The molecule has 0 aliphatic carbocycles. The smallest absolute Gasteiger partial charge is 0.154 e. The normalized spacial score (nSPS) is 20.1. The summed E-state index contributed by atoms with van der Waals surface area (Å²) in [5.41, 5.74) is 0.434. The van der Waals surface area contributed by atoms with Gasteiger partial charge in [0.1, 0.15) is 11.8 Å². The zero-order valence-corrected chi connectivity index (χ0v) is 12.8. The van der Waals surface area contributed by atoms with Crippen molar-refractivity contribution in [1.82, 2.24) is 19.9 Å². The summed E-state index contributed by atoms with van der Waals surface area (Å²) < 4.78 is 2.27. The molecule has 0 saturated carbocycles. The minimum absolute atomic E-state index is 0.307. The molecule has 1 fully saturated rings. The highest BCUT2D eigenvalue weighted by molar-refractivity contribution is 9.10. The molecule has 1 saturated heterocycles. The van der Waals surface area contributed by atoms with Crippen LogP contribution in [0.5, 0.6) is 0 Å². The van der Waals surface area contributed by atoms with Gasteiger partial charge in [0.25, 0.3) is 0 Å². The third-order valence-electron chi connectivity index (χ3n) is 3.93. The molecule has 1 atom stereocenters. The van der Waals surface area contributed by atoms with Gasteiger partial charge >= 0.3 is 0 Å². The van der Waals surface area contributed by atoms with E-state index in [0.717, 1.165) is 18.8 Å².